The van der Waals surface area contributed by atoms with E-state index in [9.17, 15) is 8.78 Å². The number of halogens is 2. The Hall–Kier alpha value is -1.71. The fraction of sp³-hybridized carbons (Fsp3) is 0.438. The van der Waals surface area contributed by atoms with Crippen molar-refractivity contribution in [1.82, 2.24) is 4.98 Å². The Morgan fingerprint density at radius 1 is 1.30 bits per heavy atom. The maximum Gasteiger partial charge on any atom is 0.265 e. The number of piperidine rings is 1. The van der Waals surface area contributed by atoms with E-state index in [4.69, 9.17) is 0 Å². The molecule has 0 spiro atoms. The summed E-state index contributed by atoms with van der Waals surface area (Å²) in [6.45, 7) is 4.21. The molecule has 0 radical (unpaired) electrons. The molecule has 0 N–H and O–H groups in total. The Kier molecular flexibility index (Phi) is 3.55. The molecule has 1 fully saturated rings. The smallest absolute Gasteiger partial charge is 0.265 e. The van der Waals surface area contributed by atoms with Gasteiger partial charge in [0.2, 0.25) is 0 Å². The van der Waals surface area contributed by atoms with Crippen LogP contribution in [-0.4, -0.2) is 18.1 Å². The predicted molar refractivity (Wildman–Crippen MR) is 77.3 cm³/mol. The van der Waals surface area contributed by atoms with E-state index in [0.29, 0.717) is 11.4 Å². The quantitative estimate of drug-likeness (QED) is 0.807. The SMILES string of the molecule is CC1CCCN(c2ccc(C(F)F)c3ncccc23)C1. The first-order valence-electron chi connectivity index (χ1n) is 7.07. The van der Waals surface area contributed by atoms with Gasteiger partial charge in [-0.15, -0.1) is 0 Å². The highest BCUT2D eigenvalue weighted by Crippen LogP contribution is 2.34. The van der Waals surface area contributed by atoms with Gasteiger partial charge >= 0.3 is 0 Å². The number of hydrogen-bond donors (Lipinski definition) is 0. The van der Waals surface area contributed by atoms with Crippen LogP contribution in [0.2, 0.25) is 0 Å². The maximum atomic E-state index is 13.1. The summed E-state index contributed by atoms with van der Waals surface area (Å²) in [7, 11) is 0. The summed E-state index contributed by atoms with van der Waals surface area (Å²) >= 11 is 0. The van der Waals surface area contributed by atoms with Crippen molar-refractivity contribution in [1.29, 1.82) is 0 Å². The number of aromatic nitrogens is 1. The second-order valence-corrected chi connectivity index (χ2v) is 5.57. The van der Waals surface area contributed by atoms with Crippen LogP contribution in [0.5, 0.6) is 0 Å². The molecule has 0 amide bonds. The number of rotatable bonds is 2. The molecule has 4 heteroatoms. The van der Waals surface area contributed by atoms with Gasteiger partial charge in [0.25, 0.3) is 6.43 Å². The van der Waals surface area contributed by atoms with E-state index >= 15 is 0 Å². The highest BCUT2D eigenvalue weighted by Gasteiger charge is 2.21. The Morgan fingerprint density at radius 3 is 2.90 bits per heavy atom. The van der Waals surface area contributed by atoms with Gasteiger partial charge in [-0.3, -0.25) is 4.98 Å². The van der Waals surface area contributed by atoms with Crippen molar-refractivity contribution in [2.24, 2.45) is 5.92 Å². The van der Waals surface area contributed by atoms with E-state index in [1.807, 2.05) is 18.2 Å². The van der Waals surface area contributed by atoms with Gasteiger partial charge in [0.15, 0.2) is 0 Å². The van der Waals surface area contributed by atoms with Crippen LogP contribution in [0.3, 0.4) is 0 Å². The van der Waals surface area contributed by atoms with Crippen molar-refractivity contribution in [3.8, 4) is 0 Å². The third kappa shape index (κ3) is 2.35. The van der Waals surface area contributed by atoms with E-state index < -0.39 is 6.43 Å². The Bertz CT molecular complexity index is 612. The second kappa shape index (κ2) is 5.35. The number of fused-ring (bicyclic) bond motifs is 1. The lowest BCUT2D eigenvalue weighted by atomic mass is 9.98. The lowest BCUT2D eigenvalue weighted by Gasteiger charge is -2.33. The van der Waals surface area contributed by atoms with Crippen LogP contribution in [0, 0.1) is 5.92 Å². The predicted octanol–water partition coefficient (Wildman–Crippen LogP) is 4.41. The fourth-order valence-electron chi connectivity index (χ4n) is 3.04. The third-order valence-electron chi connectivity index (χ3n) is 4.01. The number of benzene rings is 1. The summed E-state index contributed by atoms with van der Waals surface area (Å²) in [5.41, 5.74) is 1.48. The van der Waals surface area contributed by atoms with E-state index in [2.05, 4.69) is 16.8 Å². The van der Waals surface area contributed by atoms with Crippen molar-refractivity contribution in [3.05, 3.63) is 36.0 Å². The Labute approximate surface area is 117 Å². The zero-order chi connectivity index (χ0) is 14.1. The normalized spacial score (nSPS) is 19.8. The number of alkyl halides is 2. The second-order valence-electron chi connectivity index (χ2n) is 5.57. The molecule has 1 unspecified atom stereocenters. The fourth-order valence-corrected chi connectivity index (χ4v) is 3.04. The molecule has 1 aliphatic heterocycles. The summed E-state index contributed by atoms with van der Waals surface area (Å²) in [4.78, 5) is 6.47. The van der Waals surface area contributed by atoms with E-state index in [-0.39, 0.29) is 5.56 Å². The zero-order valence-electron chi connectivity index (χ0n) is 11.5. The summed E-state index contributed by atoms with van der Waals surface area (Å²) in [6.07, 6.45) is 1.49. The van der Waals surface area contributed by atoms with Gasteiger partial charge in [-0.1, -0.05) is 6.92 Å². The van der Waals surface area contributed by atoms with Crippen molar-refractivity contribution >= 4 is 16.6 Å². The molecular formula is C16H18F2N2. The van der Waals surface area contributed by atoms with Gasteiger partial charge in [-0.25, -0.2) is 8.78 Å². The molecule has 3 rings (SSSR count). The molecule has 1 aromatic heterocycles. The molecule has 1 aliphatic rings. The van der Waals surface area contributed by atoms with E-state index in [0.717, 1.165) is 30.6 Å². The minimum Gasteiger partial charge on any atom is -0.371 e. The van der Waals surface area contributed by atoms with Gasteiger partial charge in [-0.05, 0) is 43.0 Å². The van der Waals surface area contributed by atoms with Crippen LogP contribution in [0.15, 0.2) is 30.5 Å². The molecule has 2 nitrogen and oxygen atoms in total. The van der Waals surface area contributed by atoms with Crippen molar-refractivity contribution in [2.75, 3.05) is 18.0 Å². The highest BCUT2D eigenvalue weighted by atomic mass is 19.3. The minimum atomic E-state index is -2.48. The Balaban J connectivity index is 2.10. The standard InChI is InChI=1S/C16H18F2N2/c1-11-4-3-9-20(10-11)14-7-6-13(16(17)18)15-12(14)5-2-8-19-15/h2,5-8,11,16H,3-4,9-10H2,1H3. The molecule has 0 saturated carbocycles. The molecule has 2 aromatic rings. The molecular weight excluding hydrogens is 258 g/mol. The molecule has 106 valence electrons. The van der Waals surface area contributed by atoms with Crippen LogP contribution >= 0.6 is 0 Å². The van der Waals surface area contributed by atoms with Crippen molar-refractivity contribution in [3.63, 3.8) is 0 Å². The minimum absolute atomic E-state index is 0.0226. The summed E-state index contributed by atoms with van der Waals surface area (Å²) in [5, 5.41) is 0.833. The first kappa shape index (κ1) is 13.3. The van der Waals surface area contributed by atoms with Crippen LogP contribution < -0.4 is 4.90 Å². The summed E-state index contributed by atoms with van der Waals surface area (Å²) in [5.74, 6) is 0.644. The first-order valence-corrected chi connectivity index (χ1v) is 7.07. The highest BCUT2D eigenvalue weighted by molar-refractivity contribution is 5.94. The topological polar surface area (TPSA) is 16.1 Å². The van der Waals surface area contributed by atoms with Crippen LogP contribution in [0.4, 0.5) is 14.5 Å². The average molecular weight is 276 g/mol. The first-order chi connectivity index (χ1) is 9.66. The third-order valence-corrected chi connectivity index (χ3v) is 4.01. The molecule has 0 aliphatic carbocycles. The van der Waals surface area contributed by atoms with Gasteiger partial charge in [0, 0.05) is 35.9 Å². The molecule has 1 aromatic carbocycles. The van der Waals surface area contributed by atoms with Gasteiger partial charge in [-0.2, -0.15) is 0 Å². The van der Waals surface area contributed by atoms with Gasteiger partial charge < -0.3 is 4.90 Å². The van der Waals surface area contributed by atoms with E-state index in [1.165, 1.54) is 12.5 Å². The number of anilines is 1. The van der Waals surface area contributed by atoms with Crippen LogP contribution in [0.25, 0.3) is 10.9 Å². The molecule has 20 heavy (non-hydrogen) atoms. The monoisotopic (exact) mass is 276 g/mol. The van der Waals surface area contributed by atoms with Crippen molar-refractivity contribution < 1.29 is 8.78 Å². The summed E-state index contributed by atoms with van der Waals surface area (Å²) < 4.78 is 26.2. The number of hydrogen-bond acceptors (Lipinski definition) is 2. The maximum absolute atomic E-state index is 13.1. The van der Waals surface area contributed by atoms with Crippen molar-refractivity contribution in [2.45, 2.75) is 26.2 Å². The Morgan fingerprint density at radius 2 is 2.15 bits per heavy atom. The number of pyridine rings is 1. The number of nitrogens with zero attached hydrogens (tertiary/aromatic N) is 2. The molecule has 2 heterocycles. The molecule has 0 bridgehead atoms. The summed E-state index contributed by atoms with van der Waals surface area (Å²) in [6, 6.07) is 7.05. The lowest BCUT2D eigenvalue weighted by molar-refractivity contribution is 0.153. The average Bonchev–Trinajstić information content (AvgIpc) is 2.46. The van der Waals surface area contributed by atoms with Crippen LogP contribution in [0.1, 0.15) is 31.8 Å². The zero-order valence-corrected chi connectivity index (χ0v) is 11.5. The van der Waals surface area contributed by atoms with Crippen LogP contribution in [-0.2, 0) is 0 Å². The molecule has 1 saturated heterocycles. The lowest BCUT2D eigenvalue weighted by Crippen LogP contribution is -2.34. The largest absolute Gasteiger partial charge is 0.371 e. The molecule has 1 atom stereocenters. The van der Waals surface area contributed by atoms with Gasteiger partial charge in [0.1, 0.15) is 0 Å². The van der Waals surface area contributed by atoms with Gasteiger partial charge in [0.05, 0.1) is 5.52 Å². The van der Waals surface area contributed by atoms with E-state index in [1.54, 1.807) is 6.20 Å².